The number of benzene rings is 1. The number of rotatable bonds is 1. The molecular weight excluding hydrogens is 290 g/mol. The smallest absolute Gasteiger partial charge is 0.231 e. The van der Waals surface area contributed by atoms with Crippen LogP contribution in [0.15, 0.2) is 10.5 Å². The zero-order chi connectivity index (χ0) is 11.8. The summed E-state index contributed by atoms with van der Waals surface area (Å²) < 4.78 is 16.7. The van der Waals surface area contributed by atoms with Gasteiger partial charge < -0.3 is 24.6 Å². The van der Waals surface area contributed by atoms with Gasteiger partial charge in [0.15, 0.2) is 11.5 Å². The third-order valence-corrected chi connectivity index (χ3v) is 3.62. The van der Waals surface area contributed by atoms with Crippen molar-refractivity contribution in [2.45, 2.75) is 6.10 Å². The van der Waals surface area contributed by atoms with Crippen LogP contribution in [0.1, 0.15) is 11.7 Å². The van der Waals surface area contributed by atoms with Gasteiger partial charge in [-0.05, 0) is 22.0 Å². The van der Waals surface area contributed by atoms with Crippen molar-refractivity contribution in [2.24, 2.45) is 0 Å². The molecule has 2 heterocycles. The maximum Gasteiger partial charge on any atom is 0.231 e. The fourth-order valence-corrected chi connectivity index (χ4v) is 2.56. The van der Waals surface area contributed by atoms with E-state index in [4.69, 9.17) is 14.2 Å². The summed E-state index contributed by atoms with van der Waals surface area (Å²) in [7, 11) is 0. The summed E-state index contributed by atoms with van der Waals surface area (Å²) in [6, 6.07) is 1.78. The molecule has 5 nitrogen and oxygen atoms in total. The minimum Gasteiger partial charge on any atom is -0.506 e. The lowest BCUT2D eigenvalue weighted by molar-refractivity contribution is 0.0261. The summed E-state index contributed by atoms with van der Waals surface area (Å²) in [4.78, 5) is 0. The number of aromatic hydroxyl groups is 1. The fraction of sp³-hybridized carbons (Fsp3) is 0.455. The third kappa shape index (κ3) is 1.86. The fourth-order valence-electron chi connectivity index (χ4n) is 2.02. The SMILES string of the molecule is Oc1c(C2CNCCO2)cc2c(c1Br)OCO2. The van der Waals surface area contributed by atoms with Gasteiger partial charge in [-0.2, -0.15) is 0 Å². The van der Waals surface area contributed by atoms with Crippen LogP contribution < -0.4 is 14.8 Å². The van der Waals surface area contributed by atoms with E-state index in [1.165, 1.54) is 0 Å². The van der Waals surface area contributed by atoms with Crippen molar-refractivity contribution >= 4 is 15.9 Å². The number of nitrogens with one attached hydrogen (secondary N) is 1. The monoisotopic (exact) mass is 301 g/mol. The first kappa shape index (κ1) is 11.1. The summed E-state index contributed by atoms with van der Waals surface area (Å²) in [6.45, 7) is 2.33. The number of hydrogen-bond acceptors (Lipinski definition) is 5. The molecule has 0 aromatic heterocycles. The van der Waals surface area contributed by atoms with Crippen LogP contribution in [0.4, 0.5) is 0 Å². The number of phenols is 1. The van der Waals surface area contributed by atoms with Gasteiger partial charge in [0, 0.05) is 18.7 Å². The number of hydrogen-bond donors (Lipinski definition) is 2. The molecule has 92 valence electrons. The van der Waals surface area contributed by atoms with Gasteiger partial charge >= 0.3 is 0 Å². The second-order valence-corrected chi connectivity index (χ2v) is 4.72. The van der Waals surface area contributed by atoms with Gasteiger partial charge in [0.25, 0.3) is 0 Å². The van der Waals surface area contributed by atoms with Crippen LogP contribution >= 0.6 is 15.9 Å². The van der Waals surface area contributed by atoms with Crippen molar-refractivity contribution in [1.29, 1.82) is 0 Å². The Balaban J connectivity index is 2.01. The normalized spacial score (nSPS) is 22.8. The van der Waals surface area contributed by atoms with E-state index >= 15 is 0 Å². The predicted octanol–water partition coefficient (Wildman–Crippen LogP) is 1.54. The topological polar surface area (TPSA) is 60.0 Å². The molecule has 1 aromatic rings. The zero-order valence-corrected chi connectivity index (χ0v) is 10.6. The second kappa shape index (κ2) is 4.36. The van der Waals surface area contributed by atoms with Crippen molar-refractivity contribution in [3.63, 3.8) is 0 Å². The Morgan fingerprint density at radius 2 is 2.29 bits per heavy atom. The molecule has 17 heavy (non-hydrogen) atoms. The van der Waals surface area contributed by atoms with Crippen LogP contribution in [0.5, 0.6) is 17.2 Å². The Hall–Kier alpha value is -0.980. The van der Waals surface area contributed by atoms with Crippen LogP contribution in [0.3, 0.4) is 0 Å². The molecular formula is C11H12BrNO4. The summed E-state index contributed by atoms with van der Waals surface area (Å²) in [5.41, 5.74) is 0.716. The average molecular weight is 302 g/mol. The summed E-state index contributed by atoms with van der Waals surface area (Å²) in [5.74, 6) is 1.34. The Morgan fingerprint density at radius 3 is 3.06 bits per heavy atom. The minimum atomic E-state index is -0.158. The molecule has 0 amide bonds. The van der Waals surface area contributed by atoms with Gasteiger partial charge in [-0.1, -0.05) is 0 Å². The van der Waals surface area contributed by atoms with E-state index in [1.807, 2.05) is 0 Å². The van der Waals surface area contributed by atoms with Crippen LogP contribution in [0.25, 0.3) is 0 Å². The van der Waals surface area contributed by atoms with E-state index in [0.717, 1.165) is 6.54 Å². The Bertz CT molecular complexity index is 446. The molecule has 2 N–H and O–H groups in total. The first-order valence-electron chi connectivity index (χ1n) is 5.40. The van der Waals surface area contributed by atoms with Crippen molar-refractivity contribution in [1.82, 2.24) is 5.32 Å². The van der Waals surface area contributed by atoms with Gasteiger partial charge in [-0.3, -0.25) is 0 Å². The van der Waals surface area contributed by atoms with Gasteiger partial charge in [0.2, 0.25) is 6.79 Å². The van der Waals surface area contributed by atoms with Crippen LogP contribution in [0.2, 0.25) is 0 Å². The van der Waals surface area contributed by atoms with Gasteiger partial charge in [-0.15, -0.1) is 0 Å². The van der Waals surface area contributed by atoms with Gasteiger partial charge in [-0.25, -0.2) is 0 Å². The molecule has 0 bridgehead atoms. The molecule has 1 saturated heterocycles. The Kier molecular flexibility index (Phi) is 2.85. The molecule has 0 radical (unpaired) electrons. The second-order valence-electron chi connectivity index (χ2n) is 3.93. The van der Waals surface area contributed by atoms with Crippen molar-refractivity contribution in [3.8, 4) is 17.2 Å². The minimum absolute atomic E-state index is 0.156. The zero-order valence-electron chi connectivity index (χ0n) is 9.03. The summed E-state index contributed by atoms with van der Waals surface area (Å²) in [6.07, 6.45) is -0.158. The number of morpholine rings is 1. The highest BCUT2D eigenvalue weighted by Gasteiger charge is 2.27. The lowest BCUT2D eigenvalue weighted by atomic mass is 10.1. The average Bonchev–Trinajstić information content (AvgIpc) is 2.83. The van der Waals surface area contributed by atoms with Gasteiger partial charge in [0.05, 0.1) is 12.7 Å². The highest BCUT2D eigenvalue weighted by Crippen LogP contribution is 2.48. The maximum absolute atomic E-state index is 10.1. The molecule has 1 unspecified atom stereocenters. The summed E-state index contributed by atoms with van der Waals surface area (Å²) in [5, 5.41) is 13.3. The number of fused-ring (bicyclic) bond motifs is 1. The molecule has 0 saturated carbocycles. The standard InChI is InChI=1S/C11H12BrNO4/c12-9-10(14)6(8-4-13-1-2-15-8)3-7-11(9)17-5-16-7/h3,8,13-14H,1-2,4-5H2. The van der Waals surface area contributed by atoms with E-state index in [2.05, 4.69) is 21.2 Å². The molecule has 1 aromatic carbocycles. The Labute approximate surface area is 107 Å². The predicted molar refractivity (Wildman–Crippen MR) is 63.5 cm³/mol. The summed E-state index contributed by atoms with van der Waals surface area (Å²) >= 11 is 3.32. The maximum atomic E-state index is 10.1. The highest BCUT2D eigenvalue weighted by atomic mass is 79.9. The first-order chi connectivity index (χ1) is 8.27. The first-order valence-corrected chi connectivity index (χ1v) is 6.20. The van der Waals surface area contributed by atoms with E-state index in [9.17, 15) is 5.11 Å². The van der Waals surface area contributed by atoms with Crippen LogP contribution in [0, 0.1) is 0 Å². The quantitative estimate of drug-likeness (QED) is 0.824. The van der Waals surface area contributed by atoms with E-state index in [-0.39, 0.29) is 18.6 Å². The lowest BCUT2D eigenvalue weighted by Gasteiger charge is -2.25. The lowest BCUT2D eigenvalue weighted by Crippen LogP contribution is -2.33. The molecule has 2 aliphatic rings. The van der Waals surface area contributed by atoms with Crippen molar-refractivity contribution < 1.29 is 19.3 Å². The molecule has 2 aliphatic heterocycles. The Morgan fingerprint density at radius 1 is 1.41 bits per heavy atom. The molecule has 1 fully saturated rings. The number of ether oxygens (including phenoxy) is 3. The molecule has 1 atom stereocenters. The highest BCUT2D eigenvalue weighted by molar-refractivity contribution is 9.10. The molecule has 0 spiro atoms. The number of halogens is 1. The van der Waals surface area contributed by atoms with Crippen LogP contribution in [-0.4, -0.2) is 31.6 Å². The molecule has 6 heteroatoms. The van der Waals surface area contributed by atoms with Crippen LogP contribution in [-0.2, 0) is 4.74 Å². The van der Waals surface area contributed by atoms with E-state index in [0.29, 0.717) is 34.7 Å². The van der Waals surface area contributed by atoms with E-state index in [1.54, 1.807) is 6.07 Å². The van der Waals surface area contributed by atoms with Crippen molar-refractivity contribution in [3.05, 3.63) is 16.1 Å². The van der Waals surface area contributed by atoms with E-state index < -0.39 is 0 Å². The largest absolute Gasteiger partial charge is 0.506 e. The van der Waals surface area contributed by atoms with Crippen molar-refractivity contribution in [2.75, 3.05) is 26.5 Å². The number of phenolic OH excluding ortho intramolecular Hbond substituents is 1. The van der Waals surface area contributed by atoms with Gasteiger partial charge in [0.1, 0.15) is 10.2 Å². The third-order valence-electron chi connectivity index (χ3n) is 2.88. The molecule has 0 aliphatic carbocycles. The molecule has 3 rings (SSSR count).